The molecule has 5 nitrogen and oxygen atoms in total. The molecule has 5 heteroatoms. The van der Waals surface area contributed by atoms with Gasteiger partial charge in [-0.1, -0.05) is 0 Å². The molecule has 2 aromatic rings. The van der Waals surface area contributed by atoms with Crippen LogP contribution in [0.3, 0.4) is 0 Å². The highest BCUT2D eigenvalue weighted by Gasteiger charge is 2.10. The second-order valence-corrected chi connectivity index (χ2v) is 4.45. The molecule has 1 heterocycles. The third-order valence-electron chi connectivity index (χ3n) is 3.37. The van der Waals surface area contributed by atoms with Gasteiger partial charge in [0.2, 0.25) is 0 Å². The first-order chi connectivity index (χ1) is 9.60. The molecule has 0 atom stereocenters. The Morgan fingerprint density at radius 3 is 2.60 bits per heavy atom. The summed E-state index contributed by atoms with van der Waals surface area (Å²) in [5, 5.41) is 0.835. The topological polar surface area (TPSA) is 71.8 Å². The van der Waals surface area contributed by atoms with E-state index >= 15 is 0 Å². The number of hydrogen-bond donors (Lipinski definition) is 1. The van der Waals surface area contributed by atoms with Gasteiger partial charge in [-0.15, -0.1) is 0 Å². The average Bonchev–Trinajstić information content (AvgIpc) is 2.47. The highest BCUT2D eigenvalue weighted by Crippen LogP contribution is 2.21. The summed E-state index contributed by atoms with van der Waals surface area (Å²) in [6, 6.07) is 7.54. The van der Waals surface area contributed by atoms with Crippen LogP contribution in [-0.4, -0.2) is 26.0 Å². The molecule has 1 aromatic heterocycles. The number of rotatable bonds is 4. The average molecular weight is 273 g/mol. The highest BCUT2D eigenvalue weighted by atomic mass is 16.4. The van der Waals surface area contributed by atoms with Crippen molar-refractivity contribution in [2.24, 2.45) is 10.7 Å². The van der Waals surface area contributed by atoms with Crippen LogP contribution in [0.15, 0.2) is 38.5 Å². The first kappa shape index (κ1) is 14.1. The second kappa shape index (κ2) is 5.77. The first-order valence-electron chi connectivity index (χ1n) is 6.66. The summed E-state index contributed by atoms with van der Waals surface area (Å²) < 4.78 is 5.35. The zero-order chi connectivity index (χ0) is 14.7. The van der Waals surface area contributed by atoms with Crippen LogP contribution < -0.4 is 16.3 Å². The van der Waals surface area contributed by atoms with Crippen LogP contribution in [0.5, 0.6) is 0 Å². The van der Waals surface area contributed by atoms with Gasteiger partial charge in [0.1, 0.15) is 17.0 Å². The number of anilines is 1. The van der Waals surface area contributed by atoms with Crippen molar-refractivity contribution in [3.63, 3.8) is 0 Å². The number of aliphatic imine (C=N–C) groups is 1. The Hall–Kier alpha value is -2.30. The van der Waals surface area contributed by atoms with E-state index in [-0.39, 0.29) is 5.84 Å². The van der Waals surface area contributed by atoms with Crippen molar-refractivity contribution in [2.45, 2.75) is 13.8 Å². The zero-order valence-corrected chi connectivity index (χ0v) is 12.0. The lowest BCUT2D eigenvalue weighted by Gasteiger charge is -2.20. The van der Waals surface area contributed by atoms with Gasteiger partial charge in [0.25, 0.3) is 0 Å². The Morgan fingerprint density at radius 1 is 1.30 bits per heavy atom. The highest BCUT2D eigenvalue weighted by molar-refractivity contribution is 5.99. The van der Waals surface area contributed by atoms with Crippen molar-refractivity contribution in [1.29, 1.82) is 0 Å². The molecular weight excluding hydrogens is 254 g/mol. The molecule has 0 aliphatic heterocycles. The number of hydrogen-bond acceptors (Lipinski definition) is 4. The Balaban J connectivity index is 2.58. The maximum Gasteiger partial charge on any atom is 0.347 e. The van der Waals surface area contributed by atoms with Crippen molar-refractivity contribution >= 4 is 22.5 Å². The molecule has 0 fully saturated rings. The van der Waals surface area contributed by atoms with E-state index in [1.807, 2.05) is 18.2 Å². The van der Waals surface area contributed by atoms with Crippen LogP contribution >= 0.6 is 0 Å². The maximum atomic E-state index is 11.9. The van der Waals surface area contributed by atoms with Gasteiger partial charge < -0.3 is 15.1 Å². The molecule has 2 rings (SSSR count). The summed E-state index contributed by atoms with van der Waals surface area (Å²) in [6.45, 7) is 5.98. The predicted octanol–water partition coefficient (Wildman–Crippen LogP) is 1.97. The van der Waals surface area contributed by atoms with Gasteiger partial charge in [-0.2, -0.15) is 0 Å². The van der Waals surface area contributed by atoms with Crippen LogP contribution in [0.4, 0.5) is 5.69 Å². The van der Waals surface area contributed by atoms with E-state index < -0.39 is 5.63 Å². The summed E-state index contributed by atoms with van der Waals surface area (Å²) in [7, 11) is 1.54. The van der Waals surface area contributed by atoms with Crippen molar-refractivity contribution in [1.82, 2.24) is 0 Å². The van der Waals surface area contributed by atoms with E-state index in [0.29, 0.717) is 11.1 Å². The van der Waals surface area contributed by atoms with Crippen molar-refractivity contribution in [3.8, 4) is 0 Å². The molecule has 0 saturated heterocycles. The lowest BCUT2D eigenvalue weighted by molar-refractivity contribution is 0.559. The Bertz CT molecular complexity index is 700. The van der Waals surface area contributed by atoms with Crippen molar-refractivity contribution in [3.05, 3.63) is 40.2 Å². The number of benzene rings is 1. The lowest BCUT2D eigenvalue weighted by Crippen LogP contribution is -2.23. The van der Waals surface area contributed by atoms with Crippen LogP contribution in [0, 0.1) is 0 Å². The molecule has 0 amide bonds. The minimum atomic E-state index is -0.461. The molecule has 0 radical (unpaired) electrons. The smallest absolute Gasteiger partial charge is 0.347 e. The number of amidine groups is 1. The largest absolute Gasteiger partial charge is 0.422 e. The maximum absolute atomic E-state index is 11.9. The molecule has 2 N–H and O–H groups in total. The fourth-order valence-electron chi connectivity index (χ4n) is 2.18. The summed E-state index contributed by atoms with van der Waals surface area (Å²) >= 11 is 0. The van der Waals surface area contributed by atoms with Crippen molar-refractivity contribution in [2.75, 3.05) is 25.0 Å². The zero-order valence-electron chi connectivity index (χ0n) is 12.0. The fourth-order valence-corrected chi connectivity index (χ4v) is 2.18. The van der Waals surface area contributed by atoms with Crippen LogP contribution in [0.1, 0.15) is 19.4 Å². The van der Waals surface area contributed by atoms with Crippen molar-refractivity contribution < 1.29 is 4.42 Å². The molecule has 0 unspecified atom stereocenters. The normalized spacial score (nSPS) is 11.8. The molecule has 0 bridgehead atoms. The first-order valence-corrected chi connectivity index (χ1v) is 6.66. The molecule has 20 heavy (non-hydrogen) atoms. The quantitative estimate of drug-likeness (QED) is 0.525. The molecule has 0 spiro atoms. The van der Waals surface area contributed by atoms with Gasteiger partial charge in [-0.05, 0) is 32.0 Å². The molecule has 0 saturated carbocycles. The molecule has 106 valence electrons. The minimum Gasteiger partial charge on any atom is -0.422 e. The van der Waals surface area contributed by atoms with Gasteiger partial charge in [0.05, 0.1) is 0 Å². The van der Waals surface area contributed by atoms with E-state index in [9.17, 15) is 4.79 Å². The van der Waals surface area contributed by atoms with Gasteiger partial charge in [-0.3, -0.25) is 4.99 Å². The SMILES string of the molecule is CCN(CC)c1ccc2cc(C(N)=NC)c(=O)oc2c1. The molecule has 0 aliphatic carbocycles. The lowest BCUT2D eigenvalue weighted by atomic mass is 10.1. The van der Waals surface area contributed by atoms with Gasteiger partial charge in [0, 0.05) is 37.3 Å². The van der Waals surface area contributed by atoms with Crippen LogP contribution in [-0.2, 0) is 0 Å². The number of fused-ring (bicyclic) bond motifs is 1. The Labute approximate surface area is 117 Å². The Morgan fingerprint density at radius 2 is 2.00 bits per heavy atom. The van der Waals surface area contributed by atoms with E-state index in [1.54, 1.807) is 13.1 Å². The second-order valence-electron chi connectivity index (χ2n) is 4.45. The van der Waals surface area contributed by atoms with E-state index in [2.05, 4.69) is 23.7 Å². The third-order valence-corrected chi connectivity index (χ3v) is 3.37. The molecular formula is C15H19N3O2. The van der Waals surface area contributed by atoms with Crippen LogP contribution in [0.2, 0.25) is 0 Å². The van der Waals surface area contributed by atoms with Gasteiger partial charge >= 0.3 is 5.63 Å². The third kappa shape index (κ3) is 2.52. The van der Waals surface area contributed by atoms with Crippen LogP contribution in [0.25, 0.3) is 11.0 Å². The van der Waals surface area contributed by atoms with E-state index in [4.69, 9.17) is 10.2 Å². The number of nitrogens with zero attached hydrogens (tertiary/aromatic N) is 2. The predicted molar refractivity (Wildman–Crippen MR) is 82.7 cm³/mol. The molecule has 1 aromatic carbocycles. The fraction of sp³-hybridized carbons (Fsp3) is 0.333. The monoisotopic (exact) mass is 273 g/mol. The summed E-state index contributed by atoms with van der Waals surface area (Å²) in [5.74, 6) is 0.188. The Kier molecular flexibility index (Phi) is 4.08. The standard InChI is InChI=1S/C15H19N3O2/c1-4-18(5-2)11-7-6-10-8-12(14(16)17-3)15(19)20-13(10)9-11/h6-9H,4-5H2,1-3H3,(H2,16,17). The number of nitrogens with two attached hydrogens (primary N) is 1. The summed E-state index contributed by atoms with van der Waals surface area (Å²) in [4.78, 5) is 17.9. The summed E-state index contributed by atoms with van der Waals surface area (Å²) in [5.41, 5.74) is 7.13. The molecule has 0 aliphatic rings. The summed E-state index contributed by atoms with van der Waals surface area (Å²) in [6.07, 6.45) is 0. The van der Waals surface area contributed by atoms with E-state index in [1.165, 1.54) is 0 Å². The van der Waals surface area contributed by atoms with Gasteiger partial charge in [-0.25, -0.2) is 4.79 Å². The van der Waals surface area contributed by atoms with Gasteiger partial charge in [0.15, 0.2) is 0 Å². The minimum absolute atomic E-state index is 0.188. The van der Waals surface area contributed by atoms with E-state index in [0.717, 1.165) is 24.2 Å².